The highest BCUT2D eigenvalue weighted by atomic mass is 16.6. The second kappa shape index (κ2) is 2.92. The second-order valence-corrected chi connectivity index (χ2v) is 3.28. The molecule has 7 N–H and O–H groups in total. The van der Waals surface area contributed by atoms with Crippen LogP contribution in [0.5, 0.6) is 5.75 Å². The number of hydrogen-bond donors (Lipinski definition) is 4. The zero-order valence-corrected chi connectivity index (χ0v) is 8.04. The van der Waals surface area contributed by atoms with Gasteiger partial charge in [0.2, 0.25) is 0 Å². The fourth-order valence-electron chi connectivity index (χ4n) is 1.44. The van der Waals surface area contributed by atoms with Gasteiger partial charge in [0.1, 0.15) is 11.1 Å². The number of phenolic OH excluding ortho intramolecular Hbond substituents is 1. The highest BCUT2D eigenvalue weighted by Gasteiger charge is 2.19. The summed E-state index contributed by atoms with van der Waals surface area (Å²) >= 11 is 0. The lowest BCUT2D eigenvalue weighted by molar-refractivity contribution is -1.19. The predicted molar refractivity (Wildman–Crippen MR) is 56.8 cm³/mol. The van der Waals surface area contributed by atoms with Crippen LogP contribution in [0.25, 0.3) is 10.8 Å². The minimum Gasteiger partial charge on any atom is -0.561 e. The molecule has 0 saturated carbocycles. The van der Waals surface area contributed by atoms with Gasteiger partial charge in [-0.15, -0.1) is 0 Å². The van der Waals surface area contributed by atoms with Gasteiger partial charge in [0.25, 0.3) is 12.4 Å². The van der Waals surface area contributed by atoms with Crippen molar-refractivity contribution >= 4 is 27.8 Å². The third kappa shape index (κ3) is 1.10. The molecule has 0 aliphatic carbocycles. The fraction of sp³-hybridized carbons (Fsp3) is 0. The molecule has 0 saturated heterocycles. The molecule has 0 amide bonds. The summed E-state index contributed by atoms with van der Waals surface area (Å²) in [5, 5.41) is 32.0. The van der Waals surface area contributed by atoms with E-state index in [0.29, 0.717) is 0 Å². The van der Waals surface area contributed by atoms with Gasteiger partial charge < -0.3 is 32.7 Å². The van der Waals surface area contributed by atoms with Gasteiger partial charge in [-0.25, -0.2) is 0 Å². The fourth-order valence-corrected chi connectivity index (χ4v) is 1.44. The average molecular weight is 223 g/mol. The maximum atomic E-state index is 11.1. The van der Waals surface area contributed by atoms with E-state index >= 15 is 0 Å². The Balaban J connectivity index is 3.02. The van der Waals surface area contributed by atoms with Gasteiger partial charge in [0.05, 0.1) is 26.5 Å². The van der Waals surface area contributed by atoms with Crippen molar-refractivity contribution in [3.8, 4) is 5.75 Å². The van der Waals surface area contributed by atoms with Crippen LogP contribution in [0.1, 0.15) is 0 Å². The number of rotatable bonds is 0. The van der Waals surface area contributed by atoms with Gasteiger partial charge in [-0.2, -0.15) is 0 Å². The van der Waals surface area contributed by atoms with Gasteiger partial charge in [-0.3, -0.25) is 0 Å². The van der Waals surface area contributed by atoms with Gasteiger partial charge in [0, 0.05) is 0 Å². The quantitative estimate of drug-likeness (QED) is 0.141. The summed E-state index contributed by atoms with van der Waals surface area (Å²) in [7, 11) is 0. The largest absolute Gasteiger partial charge is 0.561 e. The highest BCUT2D eigenvalue weighted by molar-refractivity contribution is 6.06. The molecular formula is C8H9N5O3. The predicted octanol–water partition coefficient (Wildman–Crippen LogP) is -1.44. The summed E-state index contributed by atoms with van der Waals surface area (Å²) in [5.74, 6) is -0.369. The smallest absolute Gasteiger partial charge is 0.264 e. The molecule has 0 unspecified atom stereocenters. The Hall–Kier alpha value is -2.64. The zero-order chi connectivity index (χ0) is 12.0. The lowest BCUT2D eigenvalue weighted by Gasteiger charge is -2.09. The van der Waals surface area contributed by atoms with Crippen molar-refractivity contribution in [1.29, 1.82) is 0 Å². The van der Waals surface area contributed by atoms with Crippen molar-refractivity contribution < 1.29 is 14.8 Å². The van der Waals surface area contributed by atoms with Crippen molar-refractivity contribution in [2.45, 2.75) is 0 Å². The molecule has 1 heterocycles. The SMILES string of the molecule is Nc1c(N)c(O)c2c[n+]([O-])[n+]([O-])cc2c1N. The number of aromatic nitrogens is 2. The van der Waals surface area contributed by atoms with Crippen molar-refractivity contribution in [2.75, 3.05) is 17.2 Å². The molecule has 0 aliphatic heterocycles. The first-order valence-electron chi connectivity index (χ1n) is 4.25. The Kier molecular flexibility index (Phi) is 1.81. The van der Waals surface area contributed by atoms with E-state index in [0.717, 1.165) is 12.4 Å². The van der Waals surface area contributed by atoms with Crippen LogP contribution in [-0.4, -0.2) is 5.11 Å². The summed E-state index contributed by atoms with van der Waals surface area (Å²) in [4.78, 5) is 0.0187. The molecule has 2 rings (SSSR count). The van der Waals surface area contributed by atoms with E-state index in [1.165, 1.54) is 0 Å². The third-order valence-electron chi connectivity index (χ3n) is 2.34. The minimum atomic E-state index is -0.369. The van der Waals surface area contributed by atoms with E-state index in [9.17, 15) is 15.5 Å². The van der Waals surface area contributed by atoms with E-state index < -0.39 is 0 Å². The molecular weight excluding hydrogens is 214 g/mol. The number of aromatic hydroxyl groups is 1. The van der Waals surface area contributed by atoms with Crippen LogP contribution < -0.4 is 26.9 Å². The number of benzene rings is 1. The Labute approximate surface area is 89.3 Å². The van der Waals surface area contributed by atoms with Crippen molar-refractivity contribution in [2.24, 2.45) is 0 Å². The molecule has 0 atom stereocenters. The zero-order valence-electron chi connectivity index (χ0n) is 8.04. The van der Waals surface area contributed by atoms with Gasteiger partial charge in [-0.1, -0.05) is 0 Å². The first kappa shape index (κ1) is 9.90. The molecule has 0 bridgehead atoms. The molecule has 1 aromatic heterocycles. The van der Waals surface area contributed by atoms with Crippen molar-refractivity contribution in [3.63, 3.8) is 0 Å². The van der Waals surface area contributed by atoms with E-state index in [-0.39, 0.29) is 43.3 Å². The number of phenols is 1. The van der Waals surface area contributed by atoms with Crippen LogP contribution in [0.4, 0.5) is 17.1 Å². The molecule has 0 spiro atoms. The number of nitrogens with two attached hydrogens (primary N) is 3. The number of anilines is 3. The number of nitrogen functional groups attached to an aromatic ring is 3. The van der Waals surface area contributed by atoms with Crippen LogP contribution >= 0.6 is 0 Å². The van der Waals surface area contributed by atoms with Gasteiger partial charge >= 0.3 is 0 Å². The van der Waals surface area contributed by atoms with E-state index in [2.05, 4.69) is 0 Å². The third-order valence-corrected chi connectivity index (χ3v) is 2.34. The topological polar surface area (TPSA) is 152 Å². The van der Waals surface area contributed by atoms with E-state index in [4.69, 9.17) is 17.2 Å². The van der Waals surface area contributed by atoms with Crippen molar-refractivity contribution in [3.05, 3.63) is 22.8 Å². The molecule has 0 radical (unpaired) electrons. The Morgan fingerprint density at radius 1 is 0.875 bits per heavy atom. The second-order valence-electron chi connectivity index (χ2n) is 3.28. The van der Waals surface area contributed by atoms with Crippen LogP contribution in [0.3, 0.4) is 0 Å². The molecule has 1 aromatic carbocycles. The number of fused-ring (bicyclic) bond motifs is 1. The van der Waals surface area contributed by atoms with E-state index in [1.807, 2.05) is 0 Å². The summed E-state index contributed by atoms with van der Waals surface area (Å²) in [6.45, 7) is 0. The monoisotopic (exact) mass is 223 g/mol. The van der Waals surface area contributed by atoms with Crippen LogP contribution in [0, 0.1) is 10.4 Å². The molecule has 2 aromatic rings. The van der Waals surface area contributed by atoms with Gasteiger partial charge in [0.15, 0.2) is 5.75 Å². The Morgan fingerprint density at radius 3 is 1.94 bits per heavy atom. The Bertz CT molecular complexity index is 546. The van der Waals surface area contributed by atoms with Crippen molar-refractivity contribution in [1.82, 2.24) is 0 Å². The lowest BCUT2D eigenvalue weighted by Crippen LogP contribution is -2.60. The van der Waals surface area contributed by atoms with Crippen LogP contribution in [0.2, 0.25) is 0 Å². The normalized spacial score (nSPS) is 10.8. The van der Waals surface area contributed by atoms with Crippen LogP contribution in [-0.2, 0) is 0 Å². The summed E-state index contributed by atoms with van der Waals surface area (Å²) in [5.41, 5.74) is 16.6. The molecule has 8 heteroatoms. The maximum absolute atomic E-state index is 11.1. The van der Waals surface area contributed by atoms with Crippen LogP contribution in [0.15, 0.2) is 12.4 Å². The minimum absolute atomic E-state index is 0.00285. The molecule has 0 aliphatic rings. The molecule has 16 heavy (non-hydrogen) atoms. The first-order valence-corrected chi connectivity index (χ1v) is 4.25. The Morgan fingerprint density at radius 2 is 1.38 bits per heavy atom. The maximum Gasteiger partial charge on any atom is 0.264 e. The summed E-state index contributed by atoms with van der Waals surface area (Å²) in [6, 6.07) is 0. The van der Waals surface area contributed by atoms with E-state index in [1.54, 1.807) is 0 Å². The summed E-state index contributed by atoms with van der Waals surface area (Å²) in [6.07, 6.45) is 1.80. The highest BCUT2D eigenvalue weighted by Crippen LogP contribution is 2.39. The summed E-state index contributed by atoms with van der Waals surface area (Å²) < 4.78 is 0. The van der Waals surface area contributed by atoms with Gasteiger partial charge in [-0.05, 0) is 0 Å². The number of nitrogens with zero attached hydrogens (tertiary/aromatic N) is 2. The average Bonchev–Trinajstić information content (AvgIpc) is 2.26. The number of hydrogen-bond acceptors (Lipinski definition) is 6. The first-order chi connectivity index (χ1) is 7.43. The lowest BCUT2D eigenvalue weighted by atomic mass is 10.1. The standard InChI is InChI=1S/C8H9N5O3/c9-5-3-1-12(15)13(16)2-4(3)8(14)7(11)6(5)10/h1-2,14H,9-11H2. The molecule has 8 nitrogen and oxygen atoms in total. The molecule has 0 fully saturated rings. The molecule has 84 valence electrons.